The Kier molecular flexibility index (Phi) is 15.4. The van der Waals surface area contributed by atoms with Crippen molar-refractivity contribution in [2.45, 2.75) is 45.4 Å². The van der Waals surface area contributed by atoms with E-state index in [0.717, 1.165) is 12.8 Å². The monoisotopic (exact) mass is 249 g/mol. The third-order valence-electron chi connectivity index (χ3n) is 2.05. The zero-order valence-electron chi connectivity index (χ0n) is 10.8. The predicted octanol–water partition coefficient (Wildman–Crippen LogP) is -1.25. The van der Waals surface area contributed by atoms with Gasteiger partial charge in [0.15, 0.2) is 0 Å². The molecule has 0 atom stereocenters. The summed E-state index contributed by atoms with van der Waals surface area (Å²) < 4.78 is 0. The van der Waals surface area contributed by atoms with Crippen molar-refractivity contribution in [3.05, 3.63) is 12.2 Å². The van der Waals surface area contributed by atoms with E-state index < -0.39 is 5.97 Å². The summed E-state index contributed by atoms with van der Waals surface area (Å²) in [5.74, 6) is -1.11. The molecule has 5 heteroatoms. The molecule has 0 aromatic heterocycles. The van der Waals surface area contributed by atoms with Gasteiger partial charge in [0, 0.05) is 13.0 Å². The number of carboxylic acid groups (broad SMARTS) is 1. The maximum Gasteiger partial charge on any atom is 1.00 e. The summed E-state index contributed by atoms with van der Waals surface area (Å²) >= 11 is 0. The molecule has 17 heavy (non-hydrogen) atoms. The Morgan fingerprint density at radius 2 is 2.06 bits per heavy atom. The van der Waals surface area contributed by atoms with Crippen LogP contribution in [0, 0.1) is 0 Å². The van der Waals surface area contributed by atoms with Crippen LogP contribution in [-0.4, -0.2) is 23.5 Å². The zero-order chi connectivity index (χ0) is 12.2. The number of allylic oxidation sites excluding steroid dienone is 1. The van der Waals surface area contributed by atoms with Crippen LogP contribution in [0.1, 0.15) is 45.4 Å². The van der Waals surface area contributed by atoms with Gasteiger partial charge in [0.2, 0.25) is 0 Å². The van der Waals surface area contributed by atoms with Crippen LogP contribution in [-0.2, 0) is 4.79 Å². The van der Waals surface area contributed by atoms with Crippen molar-refractivity contribution in [1.29, 1.82) is 0 Å². The van der Waals surface area contributed by atoms with E-state index in [4.69, 9.17) is 5.11 Å². The number of aliphatic carboxylic acids is 1. The first-order chi connectivity index (χ1) is 7.66. The summed E-state index contributed by atoms with van der Waals surface area (Å²) in [6.07, 6.45) is 8.13. The number of carboxylic acids is 1. The zero-order valence-corrected chi connectivity index (χ0v) is 12.8. The van der Waals surface area contributed by atoms with Gasteiger partial charge in [0.05, 0.1) is 0 Å². The molecule has 0 bridgehead atoms. The molecule has 0 rings (SSSR count). The van der Waals surface area contributed by atoms with Crippen molar-refractivity contribution in [1.82, 2.24) is 0 Å². The number of nitrogens with zero attached hydrogens (tertiary/aromatic N) is 1. The third-order valence-corrected chi connectivity index (χ3v) is 2.05. The van der Waals surface area contributed by atoms with Gasteiger partial charge in [-0.3, -0.25) is 4.79 Å². The van der Waals surface area contributed by atoms with E-state index in [0.29, 0.717) is 13.0 Å². The van der Waals surface area contributed by atoms with Crippen LogP contribution >= 0.6 is 0 Å². The largest absolute Gasteiger partial charge is 1.00 e. The first-order valence-corrected chi connectivity index (χ1v) is 5.76. The molecule has 0 saturated heterocycles. The van der Waals surface area contributed by atoms with Gasteiger partial charge in [-0.1, -0.05) is 31.9 Å². The van der Waals surface area contributed by atoms with E-state index in [1.807, 2.05) is 6.08 Å². The normalized spacial score (nSPS) is 11.5. The van der Waals surface area contributed by atoms with Crippen LogP contribution in [0.3, 0.4) is 0 Å². The molecule has 0 aromatic rings. The summed E-state index contributed by atoms with van der Waals surface area (Å²) in [4.78, 5) is 13.9. The van der Waals surface area contributed by atoms with Gasteiger partial charge in [0.25, 0.3) is 0 Å². The molecule has 0 aliphatic rings. The number of hydrogen-bond donors (Lipinski definition) is 1. The minimum Gasteiger partial charge on any atom is -0.859 e. The second kappa shape index (κ2) is 13.7. The Hall–Kier alpha value is -0.320. The van der Waals surface area contributed by atoms with E-state index in [1.165, 1.54) is 18.9 Å². The van der Waals surface area contributed by atoms with Crippen molar-refractivity contribution in [3.63, 3.8) is 0 Å². The van der Waals surface area contributed by atoms with Gasteiger partial charge in [-0.2, -0.15) is 0 Å². The average molecular weight is 249 g/mol. The van der Waals surface area contributed by atoms with E-state index in [2.05, 4.69) is 11.9 Å². The maximum absolute atomic E-state index is 11.1. The molecular weight excluding hydrogens is 229 g/mol. The molecule has 0 fully saturated rings. The van der Waals surface area contributed by atoms with Crippen molar-refractivity contribution in [2.75, 3.05) is 6.54 Å². The molecule has 4 nitrogen and oxygen atoms in total. The molecule has 0 heterocycles. The van der Waals surface area contributed by atoms with Crippen LogP contribution in [0.25, 0.3) is 0 Å². The van der Waals surface area contributed by atoms with Crippen LogP contribution in [0.4, 0.5) is 0 Å². The first-order valence-electron chi connectivity index (χ1n) is 5.76. The topological polar surface area (TPSA) is 72.7 Å². The molecule has 0 radical (unpaired) electrons. The number of hydrogen-bond acceptors (Lipinski definition) is 3. The van der Waals surface area contributed by atoms with Crippen molar-refractivity contribution >= 4 is 11.9 Å². The minimum absolute atomic E-state index is 0. The van der Waals surface area contributed by atoms with Crippen molar-refractivity contribution < 1.29 is 44.6 Å². The van der Waals surface area contributed by atoms with Gasteiger partial charge < -0.3 is 15.2 Å². The molecule has 0 unspecified atom stereocenters. The summed E-state index contributed by atoms with van der Waals surface area (Å²) in [6, 6.07) is 0. The Morgan fingerprint density at radius 1 is 1.35 bits per heavy atom. The molecule has 0 aliphatic carbocycles. The second-order valence-electron chi connectivity index (χ2n) is 3.62. The fourth-order valence-electron chi connectivity index (χ4n) is 1.17. The Bertz CT molecular complexity index is 252. The molecule has 0 aliphatic heterocycles. The molecule has 92 valence electrons. The summed E-state index contributed by atoms with van der Waals surface area (Å²) in [6.45, 7) is 2.43. The molecule has 0 amide bonds. The SMILES string of the molecule is CCCCC/C=C/C([O-])=NCCCC(=O)O.[Na+]. The predicted molar refractivity (Wildman–Crippen MR) is 62.5 cm³/mol. The minimum atomic E-state index is -0.849. The van der Waals surface area contributed by atoms with Crippen LogP contribution in [0.5, 0.6) is 0 Å². The fourth-order valence-corrected chi connectivity index (χ4v) is 1.17. The van der Waals surface area contributed by atoms with Gasteiger partial charge in [0.1, 0.15) is 0 Å². The molecule has 0 saturated carbocycles. The van der Waals surface area contributed by atoms with Gasteiger partial charge >= 0.3 is 35.5 Å². The van der Waals surface area contributed by atoms with Gasteiger partial charge in [-0.15, -0.1) is 0 Å². The quantitative estimate of drug-likeness (QED) is 0.240. The Labute approximate surface area is 125 Å². The van der Waals surface area contributed by atoms with E-state index in [9.17, 15) is 9.90 Å². The van der Waals surface area contributed by atoms with Gasteiger partial charge in [-0.25, -0.2) is 0 Å². The number of rotatable bonds is 9. The Balaban J connectivity index is 0. The summed E-state index contributed by atoms with van der Waals surface area (Å²) in [5, 5.41) is 19.5. The number of carbonyl (C=O) groups is 1. The van der Waals surface area contributed by atoms with E-state index in [-0.39, 0.29) is 41.9 Å². The second-order valence-corrected chi connectivity index (χ2v) is 3.62. The fraction of sp³-hybridized carbons (Fsp3) is 0.667. The molecule has 0 aromatic carbocycles. The first kappa shape index (κ1) is 19.0. The number of unbranched alkanes of at least 4 members (excludes halogenated alkanes) is 3. The van der Waals surface area contributed by atoms with E-state index >= 15 is 0 Å². The standard InChI is InChI=1S/C12H21NO3.Na/c1-2-3-4-5-6-8-11(14)13-10-7-9-12(15)16;/h6,8H,2-5,7,9-10H2,1H3,(H,13,14)(H,15,16);/q;+1/p-1/b8-6+;. The summed E-state index contributed by atoms with van der Waals surface area (Å²) in [5.41, 5.74) is 0. The van der Waals surface area contributed by atoms with Crippen molar-refractivity contribution in [2.24, 2.45) is 4.99 Å². The maximum atomic E-state index is 11.1. The van der Waals surface area contributed by atoms with Crippen LogP contribution in [0.15, 0.2) is 17.1 Å². The van der Waals surface area contributed by atoms with Crippen LogP contribution < -0.4 is 34.7 Å². The molecular formula is C12H20NNaO3. The average Bonchev–Trinajstić information content (AvgIpc) is 2.24. The Morgan fingerprint density at radius 3 is 2.65 bits per heavy atom. The third kappa shape index (κ3) is 15.7. The number of aliphatic imine (C=N–C) groups is 1. The summed E-state index contributed by atoms with van der Waals surface area (Å²) in [7, 11) is 0. The van der Waals surface area contributed by atoms with E-state index in [1.54, 1.807) is 0 Å². The molecule has 1 N–H and O–H groups in total. The molecule has 0 spiro atoms. The van der Waals surface area contributed by atoms with Crippen molar-refractivity contribution in [3.8, 4) is 0 Å². The van der Waals surface area contributed by atoms with Gasteiger partial charge in [-0.05, 0) is 25.2 Å². The smallest absolute Gasteiger partial charge is 0.859 e. The van der Waals surface area contributed by atoms with Crippen LogP contribution in [0.2, 0.25) is 0 Å².